The summed E-state index contributed by atoms with van der Waals surface area (Å²) < 4.78 is 0. The monoisotopic (exact) mass is 252 g/mol. The predicted molar refractivity (Wildman–Crippen MR) is 78.9 cm³/mol. The van der Waals surface area contributed by atoms with Crippen molar-refractivity contribution in [3.63, 3.8) is 0 Å². The molecule has 106 valence electrons. The Labute approximate surface area is 114 Å². The van der Waals surface area contributed by atoms with Crippen LogP contribution < -0.4 is 5.32 Å². The molecular weight excluding hydrogens is 220 g/mol. The van der Waals surface area contributed by atoms with Gasteiger partial charge in [0.2, 0.25) is 0 Å². The van der Waals surface area contributed by atoms with Gasteiger partial charge >= 0.3 is 0 Å². The Morgan fingerprint density at radius 2 is 1.94 bits per heavy atom. The summed E-state index contributed by atoms with van der Waals surface area (Å²) in [6, 6.07) is 1.40. The van der Waals surface area contributed by atoms with Gasteiger partial charge in [0.05, 0.1) is 0 Å². The molecule has 0 aromatic heterocycles. The summed E-state index contributed by atoms with van der Waals surface area (Å²) in [5.74, 6) is 0.798. The fraction of sp³-hybridized carbons (Fsp3) is 1.00. The van der Waals surface area contributed by atoms with Gasteiger partial charge in [0.25, 0.3) is 0 Å². The third-order valence-electron chi connectivity index (χ3n) is 5.56. The van der Waals surface area contributed by atoms with Gasteiger partial charge in [0.15, 0.2) is 0 Å². The molecule has 2 aliphatic rings. The van der Waals surface area contributed by atoms with Gasteiger partial charge in [0, 0.05) is 30.7 Å². The molecular formula is C16H32N2. The van der Waals surface area contributed by atoms with E-state index >= 15 is 0 Å². The van der Waals surface area contributed by atoms with Crippen LogP contribution in [0, 0.1) is 5.92 Å². The number of rotatable bonds is 3. The summed E-state index contributed by atoms with van der Waals surface area (Å²) in [5.41, 5.74) is 0.478. The topological polar surface area (TPSA) is 15.3 Å². The van der Waals surface area contributed by atoms with E-state index in [-0.39, 0.29) is 0 Å². The molecule has 0 radical (unpaired) electrons. The summed E-state index contributed by atoms with van der Waals surface area (Å²) in [6.45, 7) is 12.1. The fourth-order valence-electron chi connectivity index (χ4n) is 3.91. The van der Waals surface area contributed by atoms with Crippen LogP contribution in [-0.4, -0.2) is 35.6 Å². The number of hydrogen-bond acceptors (Lipinski definition) is 2. The summed E-state index contributed by atoms with van der Waals surface area (Å²) in [6.07, 6.45) is 8.42. The fourth-order valence-corrected chi connectivity index (χ4v) is 3.91. The Kier molecular flexibility index (Phi) is 4.71. The van der Waals surface area contributed by atoms with E-state index in [4.69, 9.17) is 0 Å². The van der Waals surface area contributed by atoms with E-state index in [9.17, 15) is 0 Å². The van der Waals surface area contributed by atoms with Crippen LogP contribution in [0.15, 0.2) is 0 Å². The van der Waals surface area contributed by atoms with Crippen LogP contribution in [0.1, 0.15) is 66.2 Å². The van der Waals surface area contributed by atoms with E-state index in [0.717, 1.165) is 5.92 Å². The van der Waals surface area contributed by atoms with E-state index in [1.54, 1.807) is 0 Å². The standard InChI is InChI=1S/C16H32N2/c1-5-13(2)15-12-18(14(3)11-17-15)16(4)9-7-6-8-10-16/h13-15,17H,5-12H2,1-4H3. The maximum Gasteiger partial charge on any atom is 0.0221 e. The van der Waals surface area contributed by atoms with Crippen LogP contribution in [0.25, 0.3) is 0 Å². The summed E-state index contributed by atoms with van der Waals surface area (Å²) in [5, 5.41) is 3.76. The molecule has 0 amide bonds. The highest BCUT2D eigenvalue weighted by Crippen LogP contribution is 2.36. The molecule has 2 fully saturated rings. The van der Waals surface area contributed by atoms with Gasteiger partial charge in [-0.3, -0.25) is 4.90 Å². The van der Waals surface area contributed by atoms with Crippen molar-refractivity contribution in [3.8, 4) is 0 Å². The molecule has 1 aliphatic heterocycles. The number of nitrogens with zero attached hydrogens (tertiary/aromatic N) is 1. The summed E-state index contributed by atoms with van der Waals surface area (Å²) >= 11 is 0. The van der Waals surface area contributed by atoms with Gasteiger partial charge < -0.3 is 5.32 Å². The molecule has 3 unspecified atom stereocenters. The Morgan fingerprint density at radius 1 is 1.28 bits per heavy atom. The van der Waals surface area contributed by atoms with Gasteiger partial charge in [-0.25, -0.2) is 0 Å². The Balaban J connectivity index is 2.04. The molecule has 1 saturated heterocycles. The molecule has 0 bridgehead atoms. The summed E-state index contributed by atoms with van der Waals surface area (Å²) in [4.78, 5) is 2.83. The highest BCUT2D eigenvalue weighted by atomic mass is 15.3. The Morgan fingerprint density at radius 3 is 2.56 bits per heavy atom. The molecule has 0 aromatic carbocycles. The quantitative estimate of drug-likeness (QED) is 0.828. The van der Waals surface area contributed by atoms with Crippen LogP contribution in [0.5, 0.6) is 0 Å². The lowest BCUT2D eigenvalue weighted by atomic mass is 9.79. The maximum absolute atomic E-state index is 3.76. The van der Waals surface area contributed by atoms with E-state index in [1.807, 2.05) is 0 Å². The minimum absolute atomic E-state index is 0.478. The van der Waals surface area contributed by atoms with Crippen molar-refractivity contribution in [1.29, 1.82) is 0 Å². The van der Waals surface area contributed by atoms with Crippen LogP contribution in [0.2, 0.25) is 0 Å². The Hall–Kier alpha value is -0.0800. The third-order valence-corrected chi connectivity index (χ3v) is 5.56. The lowest BCUT2D eigenvalue weighted by Crippen LogP contribution is -2.64. The number of nitrogens with one attached hydrogen (secondary N) is 1. The van der Waals surface area contributed by atoms with Gasteiger partial charge in [-0.1, -0.05) is 39.5 Å². The van der Waals surface area contributed by atoms with Crippen molar-refractivity contribution < 1.29 is 0 Å². The van der Waals surface area contributed by atoms with Crippen LogP contribution in [-0.2, 0) is 0 Å². The number of hydrogen-bond donors (Lipinski definition) is 1. The van der Waals surface area contributed by atoms with E-state index in [0.29, 0.717) is 17.6 Å². The zero-order valence-electron chi connectivity index (χ0n) is 12.8. The molecule has 1 heterocycles. The molecule has 2 nitrogen and oxygen atoms in total. The van der Waals surface area contributed by atoms with Crippen molar-refractivity contribution in [2.24, 2.45) is 5.92 Å². The molecule has 0 aromatic rings. The molecule has 2 heteroatoms. The minimum atomic E-state index is 0.478. The second kappa shape index (κ2) is 5.92. The molecule has 18 heavy (non-hydrogen) atoms. The molecule has 1 N–H and O–H groups in total. The third kappa shape index (κ3) is 2.91. The average molecular weight is 252 g/mol. The second-order valence-corrected chi connectivity index (χ2v) is 6.96. The molecule has 2 rings (SSSR count). The molecule has 3 atom stereocenters. The van der Waals surface area contributed by atoms with E-state index < -0.39 is 0 Å². The number of piperazine rings is 1. The highest BCUT2D eigenvalue weighted by molar-refractivity contribution is 4.97. The molecule has 1 aliphatic carbocycles. The first-order chi connectivity index (χ1) is 8.57. The normalized spacial score (nSPS) is 35.3. The minimum Gasteiger partial charge on any atom is -0.311 e. The van der Waals surface area contributed by atoms with Crippen molar-refractivity contribution in [2.45, 2.75) is 83.8 Å². The zero-order valence-corrected chi connectivity index (χ0v) is 12.8. The lowest BCUT2D eigenvalue weighted by molar-refractivity contribution is -0.00446. The Bertz CT molecular complexity index is 258. The summed E-state index contributed by atoms with van der Waals surface area (Å²) in [7, 11) is 0. The first kappa shape index (κ1) is 14.3. The maximum atomic E-state index is 3.76. The predicted octanol–water partition coefficient (Wildman–Crippen LogP) is 3.42. The van der Waals surface area contributed by atoms with E-state index in [2.05, 4.69) is 37.9 Å². The molecule has 0 spiro atoms. The average Bonchev–Trinajstić information content (AvgIpc) is 2.39. The first-order valence-corrected chi connectivity index (χ1v) is 8.07. The van der Waals surface area contributed by atoms with Crippen molar-refractivity contribution in [2.75, 3.05) is 13.1 Å². The highest BCUT2D eigenvalue weighted by Gasteiger charge is 2.39. The van der Waals surface area contributed by atoms with Gasteiger partial charge in [0.1, 0.15) is 0 Å². The SMILES string of the molecule is CCC(C)C1CN(C2(C)CCCCC2)C(C)CN1. The second-order valence-electron chi connectivity index (χ2n) is 6.96. The van der Waals surface area contributed by atoms with Crippen molar-refractivity contribution in [3.05, 3.63) is 0 Å². The van der Waals surface area contributed by atoms with E-state index in [1.165, 1.54) is 51.6 Å². The van der Waals surface area contributed by atoms with Gasteiger partial charge in [-0.05, 0) is 32.6 Å². The largest absolute Gasteiger partial charge is 0.311 e. The lowest BCUT2D eigenvalue weighted by Gasteiger charge is -2.52. The van der Waals surface area contributed by atoms with Crippen LogP contribution in [0.3, 0.4) is 0 Å². The zero-order chi connectivity index (χ0) is 13.2. The van der Waals surface area contributed by atoms with Gasteiger partial charge in [-0.15, -0.1) is 0 Å². The van der Waals surface area contributed by atoms with Crippen molar-refractivity contribution in [1.82, 2.24) is 10.2 Å². The first-order valence-electron chi connectivity index (χ1n) is 8.07. The van der Waals surface area contributed by atoms with Crippen LogP contribution >= 0.6 is 0 Å². The molecule has 1 saturated carbocycles. The van der Waals surface area contributed by atoms with Gasteiger partial charge in [-0.2, -0.15) is 0 Å². The van der Waals surface area contributed by atoms with Crippen molar-refractivity contribution >= 4 is 0 Å². The van der Waals surface area contributed by atoms with Crippen LogP contribution in [0.4, 0.5) is 0 Å². The smallest absolute Gasteiger partial charge is 0.0221 e.